The van der Waals surface area contributed by atoms with Crippen molar-refractivity contribution in [2.24, 2.45) is 4.99 Å². The summed E-state index contributed by atoms with van der Waals surface area (Å²) >= 11 is 0. The Kier molecular flexibility index (Phi) is 3.51. The van der Waals surface area contributed by atoms with Gasteiger partial charge >= 0.3 is 0 Å². The summed E-state index contributed by atoms with van der Waals surface area (Å²) in [4.78, 5) is 7.24. The molecule has 1 N–H and O–H groups in total. The molecular formula is C11H12N2. The van der Waals surface area contributed by atoms with Crippen molar-refractivity contribution in [3.63, 3.8) is 0 Å². The van der Waals surface area contributed by atoms with Crippen molar-refractivity contribution in [1.29, 1.82) is 0 Å². The number of rotatable bonds is 4. The normalized spacial score (nSPS) is 11.8. The first-order valence-corrected chi connectivity index (χ1v) is 4.00. The Morgan fingerprint density at radius 2 is 2.31 bits per heavy atom. The summed E-state index contributed by atoms with van der Waals surface area (Å²) in [5, 5.41) is 0. The van der Waals surface area contributed by atoms with E-state index in [1.807, 2.05) is 18.3 Å². The first-order chi connectivity index (χ1) is 6.38. The monoisotopic (exact) mass is 172 g/mol. The number of hydrogen-bond acceptors (Lipinski definition) is 1. The smallest absolute Gasteiger partial charge is 0.0858 e. The molecule has 66 valence electrons. The summed E-state index contributed by atoms with van der Waals surface area (Å²) in [6.45, 7) is 7.24. The minimum absolute atomic E-state index is 0.822. The number of allylic oxidation sites excluding steroid dienone is 3. The van der Waals surface area contributed by atoms with Crippen molar-refractivity contribution in [3.05, 3.63) is 61.6 Å². The van der Waals surface area contributed by atoms with Gasteiger partial charge in [-0.05, 0) is 24.3 Å². The Balaban J connectivity index is 2.85. The van der Waals surface area contributed by atoms with Crippen LogP contribution in [0.25, 0.3) is 0 Å². The first kappa shape index (κ1) is 9.26. The second-order valence-corrected chi connectivity index (χ2v) is 2.38. The number of nitrogens with zero attached hydrogens (tertiary/aromatic N) is 1. The van der Waals surface area contributed by atoms with Crippen LogP contribution in [0, 0.1) is 0 Å². The molecule has 0 spiro atoms. The molecule has 0 fully saturated rings. The van der Waals surface area contributed by atoms with Gasteiger partial charge in [-0.2, -0.15) is 0 Å². The number of H-pyrrole nitrogens is 1. The van der Waals surface area contributed by atoms with Crippen LogP contribution < -0.4 is 0 Å². The summed E-state index contributed by atoms with van der Waals surface area (Å²) in [5.74, 6) is 0. The van der Waals surface area contributed by atoms with Crippen LogP contribution in [0.2, 0.25) is 0 Å². The molecular weight excluding hydrogens is 160 g/mol. The SMILES string of the molecule is C=C/C=C\N=C(C=C)c1ccc[nH]1. The van der Waals surface area contributed by atoms with Gasteiger partial charge in [0.2, 0.25) is 0 Å². The minimum Gasteiger partial charge on any atom is -0.360 e. The molecule has 13 heavy (non-hydrogen) atoms. The molecule has 0 atom stereocenters. The Labute approximate surface area is 78.0 Å². The van der Waals surface area contributed by atoms with E-state index in [4.69, 9.17) is 0 Å². The van der Waals surface area contributed by atoms with E-state index >= 15 is 0 Å². The van der Waals surface area contributed by atoms with Crippen LogP contribution in [-0.4, -0.2) is 10.7 Å². The van der Waals surface area contributed by atoms with Crippen LogP contribution in [-0.2, 0) is 0 Å². The predicted molar refractivity (Wildman–Crippen MR) is 56.9 cm³/mol. The van der Waals surface area contributed by atoms with Crippen molar-refractivity contribution in [2.75, 3.05) is 0 Å². The fraction of sp³-hybridized carbons (Fsp3) is 0. The van der Waals surface area contributed by atoms with E-state index < -0.39 is 0 Å². The predicted octanol–water partition coefficient (Wildman–Crippen LogP) is 2.69. The van der Waals surface area contributed by atoms with E-state index in [2.05, 4.69) is 23.1 Å². The van der Waals surface area contributed by atoms with Gasteiger partial charge in [0.25, 0.3) is 0 Å². The summed E-state index contributed by atoms with van der Waals surface area (Å²) in [5.41, 5.74) is 1.78. The van der Waals surface area contributed by atoms with Crippen molar-refractivity contribution in [1.82, 2.24) is 4.98 Å². The van der Waals surface area contributed by atoms with Gasteiger partial charge < -0.3 is 4.98 Å². The average molecular weight is 172 g/mol. The number of aromatic amines is 1. The summed E-state index contributed by atoms with van der Waals surface area (Å²) < 4.78 is 0. The van der Waals surface area contributed by atoms with E-state index in [1.165, 1.54) is 0 Å². The van der Waals surface area contributed by atoms with Gasteiger partial charge in [-0.3, -0.25) is 4.99 Å². The third-order valence-corrected chi connectivity index (χ3v) is 1.50. The zero-order valence-electron chi connectivity index (χ0n) is 7.40. The maximum Gasteiger partial charge on any atom is 0.0858 e. The molecule has 0 bridgehead atoms. The van der Waals surface area contributed by atoms with E-state index in [-0.39, 0.29) is 0 Å². The largest absolute Gasteiger partial charge is 0.360 e. The molecule has 0 amide bonds. The van der Waals surface area contributed by atoms with Crippen LogP contribution in [0.1, 0.15) is 5.69 Å². The van der Waals surface area contributed by atoms with Crippen molar-refractivity contribution < 1.29 is 0 Å². The lowest BCUT2D eigenvalue weighted by Gasteiger charge is -1.93. The molecule has 1 aromatic heterocycles. The maximum absolute atomic E-state index is 4.19. The Hall–Kier alpha value is -1.83. The Morgan fingerprint density at radius 1 is 1.46 bits per heavy atom. The van der Waals surface area contributed by atoms with E-state index in [0.717, 1.165) is 11.4 Å². The van der Waals surface area contributed by atoms with Crippen molar-refractivity contribution in [2.45, 2.75) is 0 Å². The lowest BCUT2D eigenvalue weighted by atomic mass is 10.3. The molecule has 0 saturated heterocycles. The number of nitrogens with one attached hydrogen (secondary N) is 1. The van der Waals surface area contributed by atoms with Crippen LogP contribution in [0.15, 0.2) is 60.9 Å². The zero-order valence-corrected chi connectivity index (χ0v) is 7.40. The molecule has 0 aliphatic heterocycles. The highest BCUT2D eigenvalue weighted by molar-refractivity contribution is 6.07. The molecule has 2 nitrogen and oxygen atoms in total. The lowest BCUT2D eigenvalue weighted by molar-refractivity contribution is 1.36. The van der Waals surface area contributed by atoms with E-state index in [9.17, 15) is 0 Å². The van der Waals surface area contributed by atoms with Gasteiger partial charge in [0.1, 0.15) is 0 Å². The second kappa shape index (κ2) is 4.93. The third-order valence-electron chi connectivity index (χ3n) is 1.50. The standard InChI is InChI=1S/C11H12N2/c1-3-5-8-12-10(4-2)11-7-6-9-13-11/h3-9,13H,1-2H2/b8-5-,12-10?. The topological polar surface area (TPSA) is 28.1 Å². The molecule has 0 radical (unpaired) electrons. The van der Waals surface area contributed by atoms with Gasteiger partial charge in [-0.25, -0.2) is 0 Å². The molecule has 0 aromatic carbocycles. The quantitative estimate of drug-likeness (QED) is 0.534. The van der Waals surface area contributed by atoms with E-state index in [0.29, 0.717) is 0 Å². The highest BCUT2D eigenvalue weighted by Crippen LogP contribution is 1.99. The second-order valence-electron chi connectivity index (χ2n) is 2.38. The molecule has 2 heteroatoms. The van der Waals surface area contributed by atoms with Crippen molar-refractivity contribution in [3.8, 4) is 0 Å². The lowest BCUT2D eigenvalue weighted by Crippen LogP contribution is -1.94. The molecule has 0 aliphatic rings. The highest BCUT2D eigenvalue weighted by Gasteiger charge is 1.96. The average Bonchev–Trinajstić information content (AvgIpc) is 2.65. The molecule has 0 aliphatic carbocycles. The van der Waals surface area contributed by atoms with Crippen molar-refractivity contribution >= 4 is 5.71 Å². The fourth-order valence-electron chi connectivity index (χ4n) is 0.906. The molecule has 1 heterocycles. The summed E-state index contributed by atoms with van der Waals surface area (Å²) in [6.07, 6.45) is 8.70. The maximum atomic E-state index is 4.19. The summed E-state index contributed by atoms with van der Waals surface area (Å²) in [6, 6.07) is 3.87. The molecule has 1 aromatic rings. The zero-order chi connectivity index (χ0) is 9.52. The molecule has 0 unspecified atom stereocenters. The van der Waals surface area contributed by atoms with Gasteiger partial charge in [-0.1, -0.05) is 19.2 Å². The fourth-order valence-corrected chi connectivity index (χ4v) is 0.906. The van der Waals surface area contributed by atoms with Crippen LogP contribution in [0.4, 0.5) is 0 Å². The molecule has 1 rings (SSSR count). The van der Waals surface area contributed by atoms with Crippen LogP contribution >= 0.6 is 0 Å². The Morgan fingerprint density at radius 3 is 2.85 bits per heavy atom. The van der Waals surface area contributed by atoms with Gasteiger partial charge in [0.05, 0.1) is 11.4 Å². The first-order valence-electron chi connectivity index (χ1n) is 4.00. The molecule has 0 saturated carbocycles. The Bertz CT molecular complexity index is 329. The minimum atomic E-state index is 0.822. The number of aromatic nitrogens is 1. The van der Waals surface area contributed by atoms with Gasteiger partial charge in [0.15, 0.2) is 0 Å². The van der Waals surface area contributed by atoms with Gasteiger partial charge in [0, 0.05) is 12.4 Å². The van der Waals surface area contributed by atoms with Gasteiger partial charge in [-0.15, -0.1) is 0 Å². The van der Waals surface area contributed by atoms with E-state index in [1.54, 1.807) is 24.4 Å². The third kappa shape index (κ3) is 2.60. The highest BCUT2D eigenvalue weighted by atomic mass is 14.8. The summed E-state index contributed by atoms with van der Waals surface area (Å²) in [7, 11) is 0. The number of hydrogen-bond donors (Lipinski definition) is 1. The van der Waals surface area contributed by atoms with Crippen LogP contribution in [0.3, 0.4) is 0 Å². The number of aliphatic imine (C=N–C) groups is 1. The van der Waals surface area contributed by atoms with Crippen LogP contribution in [0.5, 0.6) is 0 Å².